The zero-order chi connectivity index (χ0) is 35.3. The lowest BCUT2D eigenvalue weighted by Gasteiger charge is -2.24. The maximum Gasteiger partial charge on any atom is 0.342 e. The maximum atomic E-state index is 13.5. The van der Waals surface area contributed by atoms with Crippen LogP contribution in [0.5, 0.6) is 11.5 Å². The Morgan fingerprint density at radius 2 is 1.73 bits per heavy atom. The summed E-state index contributed by atoms with van der Waals surface area (Å²) in [6.45, 7) is 12.5. The highest BCUT2D eigenvalue weighted by Gasteiger charge is 2.45. The molecule has 0 radical (unpaired) electrons. The van der Waals surface area contributed by atoms with Crippen molar-refractivity contribution in [3.63, 3.8) is 0 Å². The van der Waals surface area contributed by atoms with Crippen molar-refractivity contribution in [1.29, 1.82) is 0 Å². The minimum atomic E-state index is -1.43. The summed E-state index contributed by atoms with van der Waals surface area (Å²) in [5.41, 5.74) is 1.25. The van der Waals surface area contributed by atoms with Crippen molar-refractivity contribution >= 4 is 26.1 Å². The Morgan fingerprint density at radius 3 is 2.38 bits per heavy atom. The minimum absolute atomic E-state index is 0.0142. The van der Waals surface area contributed by atoms with Gasteiger partial charge in [-0.2, -0.15) is 0 Å². The molecule has 3 rings (SSSR count). The summed E-state index contributed by atoms with van der Waals surface area (Å²) < 4.78 is 46.2. The molecule has 0 bridgehead atoms. The van der Waals surface area contributed by atoms with Gasteiger partial charge in [0.15, 0.2) is 12.6 Å². The van der Waals surface area contributed by atoms with E-state index in [1.165, 1.54) is 7.11 Å². The lowest BCUT2D eigenvalue weighted by atomic mass is 10.0. The predicted molar refractivity (Wildman–Crippen MR) is 187 cm³/mol. The van der Waals surface area contributed by atoms with Gasteiger partial charge in [0.05, 0.1) is 31.5 Å². The largest absolute Gasteiger partial charge is 0.497 e. The molecule has 1 aliphatic rings. The fourth-order valence-corrected chi connectivity index (χ4v) is 5.69. The van der Waals surface area contributed by atoms with Gasteiger partial charge in [-0.05, 0) is 69.5 Å². The Bertz CT molecular complexity index is 1380. The fraction of sp³-hybridized carbons (Fsp3) is 0.514. The summed E-state index contributed by atoms with van der Waals surface area (Å²) in [7, 11) is 3.27. The van der Waals surface area contributed by atoms with Crippen molar-refractivity contribution in [3.05, 3.63) is 77.4 Å². The molecule has 2 aromatic rings. The highest BCUT2D eigenvalue weighted by Crippen LogP contribution is 2.35. The van der Waals surface area contributed by atoms with Crippen LogP contribution in [-0.4, -0.2) is 84.9 Å². The van der Waals surface area contributed by atoms with Gasteiger partial charge in [-0.15, -0.1) is 0 Å². The summed E-state index contributed by atoms with van der Waals surface area (Å²) in [6, 6.07) is 13.1. The molecule has 1 aliphatic heterocycles. The average Bonchev–Trinajstić information content (AvgIpc) is 3.36. The van der Waals surface area contributed by atoms with Crippen LogP contribution in [0.1, 0.15) is 59.9 Å². The third-order valence-corrected chi connectivity index (χ3v) is 9.33. The number of esters is 2. The highest BCUT2D eigenvalue weighted by molar-refractivity contribution is 6.76. The Morgan fingerprint density at radius 1 is 1.00 bits per heavy atom. The Kier molecular flexibility index (Phi) is 14.9. The molecule has 1 saturated heterocycles. The number of carbonyl (C=O) groups excluding carboxylic acids is 2. The summed E-state index contributed by atoms with van der Waals surface area (Å²) in [4.78, 5) is 26.6. The number of hydrogen-bond acceptors (Lipinski definition) is 10. The molecule has 0 saturated carbocycles. The molecule has 0 aliphatic carbocycles. The van der Waals surface area contributed by atoms with Crippen LogP contribution in [0, 0.1) is 0 Å². The van der Waals surface area contributed by atoms with E-state index in [1.807, 2.05) is 51.1 Å². The van der Waals surface area contributed by atoms with Gasteiger partial charge in [-0.1, -0.05) is 56.1 Å². The van der Waals surface area contributed by atoms with Crippen LogP contribution in [0.3, 0.4) is 0 Å². The van der Waals surface area contributed by atoms with Crippen LogP contribution in [0.2, 0.25) is 25.7 Å². The van der Waals surface area contributed by atoms with E-state index in [9.17, 15) is 9.59 Å². The maximum absolute atomic E-state index is 13.5. The van der Waals surface area contributed by atoms with Crippen LogP contribution >= 0.6 is 0 Å². The Hall–Kier alpha value is -3.48. The number of hydrogen-bond donors (Lipinski definition) is 0. The molecule has 10 nitrogen and oxygen atoms in total. The van der Waals surface area contributed by atoms with Gasteiger partial charge in [0.1, 0.15) is 29.3 Å². The van der Waals surface area contributed by atoms with Crippen molar-refractivity contribution in [2.75, 3.05) is 34.7 Å². The van der Waals surface area contributed by atoms with E-state index < -0.39 is 44.1 Å². The van der Waals surface area contributed by atoms with E-state index in [2.05, 4.69) is 19.6 Å². The molecule has 1 heterocycles. The molecule has 0 spiro atoms. The van der Waals surface area contributed by atoms with E-state index in [-0.39, 0.29) is 24.2 Å². The van der Waals surface area contributed by atoms with Gasteiger partial charge in [0.25, 0.3) is 0 Å². The summed E-state index contributed by atoms with van der Waals surface area (Å²) in [6.07, 6.45) is 6.59. The molecule has 2 aromatic carbocycles. The van der Waals surface area contributed by atoms with E-state index in [0.717, 1.165) is 6.04 Å². The van der Waals surface area contributed by atoms with E-state index in [0.29, 0.717) is 36.3 Å². The molecule has 0 amide bonds. The van der Waals surface area contributed by atoms with Crippen molar-refractivity contribution < 1.29 is 47.5 Å². The lowest BCUT2D eigenvalue weighted by molar-refractivity contribution is -0.152. The molecule has 4 atom stereocenters. The predicted octanol–water partition coefficient (Wildman–Crippen LogP) is 7.30. The number of ether oxygens (including phenoxy) is 8. The molecular formula is C37H52O10Si. The molecular weight excluding hydrogens is 632 g/mol. The average molecular weight is 685 g/mol. The van der Waals surface area contributed by atoms with Crippen LogP contribution in [0.25, 0.3) is 6.08 Å². The first-order chi connectivity index (χ1) is 22.8. The minimum Gasteiger partial charge on any atom is -0.497 e. The standard InChI is InChI=1S/C37H52O10Si/c1-26(41-5)15-13-19-30(45-35(38)27-16-11-10-12-17-27)34-31(46-37(2,3)47-34)20-14-18-28-23-29(42-6)24-32(44-25-40-4)33(28)36(39)43-21-22-48(7,8)9/h10-14,16-19,23-24,26,30-31,34H,15,20-22,25H2,1-9H3/b18-14+,19-13-/t26?,30?,31-,34?/m0/s1. The van der Waals surface area contributed by atoms with E-state index >= 15 is 0 Å². The van der Waals surface area contributed by atoms with Crippen molar-refractivity contribution in [2.45, 2.75) is 89.5 Å². The third-order valence-electron chi connectivity index (χ3n) is 7.62. The molecule has 0 aromatic heterocycles. The summed E-state index contributed by atoms with van der Waals surface area (Å²) >= 11 is 0. The van der Waals surface area contributed by atoms with Gasteiger partial charge < -0.3 is 37.9 Å². The van der Waals surface area contributed by atoms with Gasteiger partial charge in [0, 0.05) is 28.4 Å². The smallest absolute Gasteiger partial charge is 0.342 e. The zero-order valence-corrected chi connectivity index (χ0v) is 30.8. The Balaban J connectivity index is 1.92. The quantitative estimate of drug-likeness (QED) is 0.0687. The van der Waals surface area contributed by atoms with Gasteiger partial charge in [0.2, 0.25) is 0 Å². The van der Waals surface area contributed by atoms with Crippen LogP contribution < -0.4 is 9.47 Å². The van der Waals surface area contributed by atoms with Gasteiger partial charge >= 0.3 is 11.9 Å². The van der Waals surface area contributed by atoms with Crippen LogP contribution in [0.15, 0.2) is 60.7 Å². The van der Waals surface area contributed by atoms with Crippen molar-refractivity contribution in [3.8, 4) is 11.5 Å². The Labute approximate surface area is 286 Å². The van der Waals surface area contributed by atoms with Crippen LogP contribution in [0.4, 0.5) is 0 Å². The second-order valence-electron chi connectivity index (χ2n) is 13.3. The first kappa shape index (κ1) is 39.0. The molecule has 0 N–H and O–H groups in total. The molecule has 1 fully saturated rings. The molecule has 11 heteroatoms. The van der Waals surface area contributed by atoms with E-state index in [1.54, 1.807) is 50.6 Å². The number of rotatable bonds is 18. The van der Waals surface area contributed by atoms with Crippen LogP contribution in [-0.2, 0) is 28.4 Å². The van der Waals surface area contributed by atoms with E-state index in [4.69, 9.17) is 37.9 Å². The normalized spacial score (nSPS) is 18.9. The second kappa shape index (κ2) is 18.3. The topological polar surface area (TPSA) is 108 Å². The summed E-state index contributed by atoms with van der Waals surface area (Å²) in [5.74, 6) is -1.11. The molecule has 3 unspecified atom stereocenters. The zero-order valence-electron chi connectivity index (χ0n) is 29.8. The van der Waals surface area contributed by atoms with Gasteiger partial charge in [-0.25, -0.2) is 9.59 Å². The second-order valence-corrected chi connectivity index (χ2v) is 18.9. The highest BCUT2D eigenvalue weighted by atomic mass is 28.3. The van der Waals surface area contributed by atoms with Gasteiger partial charge in [-0.3, -0.25) is 0 Å². The SMILES string of the molecule is COCOc1cc(OC)cc(/C=C/C[C@@H]2OC(C)(C)OC2C(/C=C\CC(C)OC)OC(=O)c2ccccc2)c1C(=O)OCC[Si](C)(C)C. The first-order valence-corrected chi connectivity index (χ1v) is 20.0. The monoisotopic (exact) mass is 684 g/mol. The number of carbonyl (C=O) groups is 2. The lowest BCUT2D eigenvalue weighted by Crippen LogP contribution is -2.37. The van der Waals surface area contributed by atoms with Crippen molar-refractivity contribution in [2.24, 2.45) is 0 Å². The number of benzene rings is 2. The molecule has 48 heavy (non-hydrogen) atoms. The van der Waals surface area contributed by atoms with Crippen molar-refractivity contribution in [1.82, 2.24) is 0 Å². The fourth-order valence-electron chi connectivity index (χ4n) is 4.97. The summed E-state index contributed by atoms with van der Waals surface area (Å²) in [5, 5.41) is 0. The third kappa shape index (κ3) is 12.2. The molecule has 264 valence electrons. The number of methoxy groups -OCH3 is 3. The first-order valence-electron chi connectivity index (χ1n) is 16.3.